The van der Waals surface area contributed by atoms with Crippen molar-refractivity contribution in [2.75, 3.05) is 14.2 Å². The van der Waals surface area contributed by atoms with E-state index in [0.29, 0.717) is 33.7 Å². The van der Waals surface area contributed by atoms with Crippen LogP contribution in [0.25, 0.3) is 5.69 Å². The van der Waals surface area contributed by atoms with Crippen molar-refractivity contribution in [1.82, 2.24) is 14.8 Å². The molecule has 156 valence electrons. The molecule has 0 bridgehead atoms. The summed E-state index contributed by atoms with van der Waals surface area (Å²) in [5, 5.41) is 18.4. The summed E-state index contributed by atoms with van der Waals surface area (Å²) in [5.41, 5.74) is 2.19. The van der Waals surface area contributed by atoms with Crippen molar-refractivity contribution in [2.45, 2.75) is 25.6 Å². The van der Waals surface area contributed by atoms with Crippen LogP contribution in [0, 0.1) is 6.92 Å². The van der Waals surface area contributed by atoms with Crippen LogP contribution in [0.15, 0.2) is 36.4 Å². The van der Waals surface area contributed by atoms with Crippen LogP contribution < -0.4 is 9.47 Å². The van der Waals surface area contributed by atoms with Gasteiger partial charge in [0.2, 0.25) is 0 Å². The fourth-order valence-electron chi connectivity index (χ4n) is 3.78. The highest BCUT2D eigenvalue weighted by atomic mass is 35.5. The van der Waals surface area contributed by atoms with Crippen molar-refractivity contribution in [1.29, 1.82) is 0 Å². The molecule has 9 heteroatoms. The van der Waals surface area contributed by atoms with E-state index in [4.69, 9.17) is 25.8 Å². The Labute approximate surface area is 178 Å². The summed E-state index contributed by atoms with van der Waals surface area (Å²) in [6.45, 7) is 1.80. The van der Waals surface area contributed by atoms with Gasteiger partial charge in [0.1, 0.15) is 18.0 Å². The SMILES string of the molecule is COc1cccc(C2OC(CC(=O)O)c3nnc(C)n3-c3ccc(Cl)cc32)c1OC. The Morgan fingerprint density at radius 2 is 2.00 bits per heavy atom. The summed E-state index contributed by atoms with van der Waals surface area (Å²) in [6.07, 6.45) is -1.78. The molecule has 4 rings (SSSR count). The predicted octanol–water partition coefficient (Wildman–Crippen LogP) is 3.88. The van der Waals surface area contributed by atoms with Crippen molar-refractivity contribution in [3.05, 3.63) is 64.2 Å². The number of aryl methyl sites for hydroxylation is 1. The second-order valence-electron chi connectivity index (χ2n) is 6.83. The molecule has 1 aliphatic heterocycles. The van der Waals surface area contributed by atoms with Crippen LogP contribution in [0.3, 0.4) is 0 Å². The molecule has 2 atom stereocenters. The van der Waals surface area contributed by atoms with Crippen LogP contribution >= 0.6 is 11.6 Å². The quantitative estimate of drug-likeness (QED) is 0.657. The maximum Gasteiger partial charge on any atom is 0.306 e. The van der Waals surface area contributed by atoms with Crippen LogP contribution in [-0.2, 0) is 9.53 Å². The van der Waals surface area contributed by atoms with Gasteiger partial charge in [-0.25, -0.2) is 0 Å². The molecule has 30 heavy (non-hydrogen) atoms. The summed E-state index contributed by atoms with van der Waals surface area (Å²) >= 11 is 6.33. The number of halogens is 1. The number of methoxy groups -OCH3 is 2. The van der Waals surface area contributed by atoms with Gasteiger partial charge in [0.25, 0.3) is 0 Å². The first-order valence-electron chi connectivity index (χ1n) is 9.24. The second kappa shape index (κ2) is 7.97. The largest absolute Gasteiger partial charge is 0.493 e. The number of rotatable bonds is 5. The molecule has 0 aliphatic carbocycles. The molecule has 0 amide bonds. The van der Waals surface area contributed by atoms with Gasteiger partial charge in [0.15, 0.2) is 17.3 Å². The molecule has 2 unspecified atom stereocenters. The van der Waals surface area contributed by atoms with Crippen LogP contribution in [0.4, 0.5) is 0 Å². The molecule has 8 nitrogen and oxygen atoms in total. The van der Waals surface area contributed by atoms with Gasteiger partial charge < -0.3 is 19.3 Å². The maximum absolute atomic E-state index is 11.6. The minimum absolute atomic E-state index is 0.275. The maximum atomic E-state index is 11.6. The summed E-state index contributed by atoms with van der Waals surface area (Å²) in [7, 11) is 3.10. The fraction of sp³-hybridized carbons (Fsp3) is 0.286. The van der Waals surface area contributed by atoms with Gasteiger partial charge in [-0.2, -0.15) is 0 Å². The van der Waals surface area contributed by atoms with Gasteiger partial charge in [-0.1, -0.05) is 23.7 Å². The van der Waals surface area contributed by atoms with Crippen molar-refractivity contribution in [3.8, 4) is 17.2 Å². The van der Waals surface area contributed by atoms with E-state index >= 15 is 0 Å². The Morgan fingerprint density at radius 3 is 2.70 bits per heavy atom. The zero-order valence-electron chi connectivity index (χ0n) is 16.6. The molecule has 2 aromatic carbocycles. The van der Waals surface area contributed by atoms with Crippen LogP contribution in [0.5, 0.6) is 11.5 Å². The number of fused-ring (bicyclic) bond motifs is 3. The third-order valence-electron chi connectivity index (χ3n) is 5.03. The Balaban J connectivity index is 1.99. The van der Waals surface area contributed by atoms with Gasteiger partial charge in [0.05, 0.1) is 26.3 Å². The van der Waals surface area contributed by atoms with E-state index in [-0.39, 0.29) is 6.42 Å². The number of hydrogen-bond donors (Lipinski definition) is 1. The average Bonchev–Trinajstić information content (AvgIpc) is 3.05. The monoisotopic (exact) mass is 429 g/mol. The van der Waals surface area contributed by atoms with Crippen LogP contribution in [0.1, 0.15) is 41.4 Å². The topological polar surface area (TPSA) is 95.7 Å². The first kappa shape index (κ1) is 20.2. The van der Waals surface area contributed by atoms with Crippen LogP contribution in [0.2, 0.25) is 5.02 Å². The van der Waals surface area contributed by atoms with E-state index < -0.39 is 18.2 Å². The lowest BCUT2D eigenvalue weighted by atomic mass is 9.98. The Hall–Kier alpha value is -3.10. The zero-order valence-corrected chi connectivity index (χ0v) is 17.4. The Bertz CT molecular complexity index is 1110. The lowest BCUT2D eigenvalue weighted by molar-refractivity contribution is -0.141. The summed E-state index contributed by atoms with van der Waals surface area (Å²) in [4.78, 5) is 11.6. The highest BCUT2D eigenvalue weighted by Crippen LogP contribution is 2.46. The van der Waals surface area contributed by atoms with Crippen molar-refractivity contribution in [2.24, 2.45) is 0 Å². The number of benzene rings is 2. The van der Waals surface area contributed by atoms with E-state index in [1.165, 1.54) is 0 Å². The summed E-state index contributed by atoms with van der Waals surface area (Å²) < 4.78 is 19.2. The zero-order chi connectivity index (χ0) is 21.4. The minimum atomic E-state index is -1.01. The number of aliphatic carboxylic acids is 1. The third kappa shape index (κ3) is 3.38. The van der Waals surface area contributed by atoms with E-state index in [1.807, 2.05) is 22.8 Å². The number of para-hydroxylation sites is 1. The highest BCUT2D eigenvalue weighted by molar-refractivity contribution is 6.30. The van der Waals surface area contributed by atoms with E-state index in [0.717, 1.165) is 11.3 Å². The molecule has 1 N–H and O–H groups in total. The van der Waals surface area contributed by atoms with Crippen molar-refractivity contribution in [3.63, 3.8) is 0 Å². The van der Waals surface area contributed by atoms with Gasteiger partial charge in [-0.05, 0) is 31.2 Å². The number of carbonyl (C=O) groups is 1. The summed E-state index contributed by atoms with van der Waals surface area (Å²) in [6, 6.07) is 10.9. The third-order valence-corrected chi connectivity index (χ3v) is 5.26. The van der Waals surface area contributed by atoms with Crippen molar-refractivity contribution < 1.29 is 24.1 Å². The van der Waals surface area contributed by atoms with E-state index in [2.05, 4.69) is 10.2 Å². The van der Waals surface area contributed by atoms with Gasteiger partial charge >= 0.3 is 5.97 Å². The smallest absolute Gasteiger partial charge is 0.306 e. The Kier molecular flexibility index (Phi) is 5.36. The average molecular weight is 430 g/mol. The van der Waals surface area contributed by atoms with Crippen LogP contribution in [-0.4, -0.2) is 40.1 Å². The van der Waals surface area contributed by atoms with Gasteiger partial charge in [-0.15, -0.1) is 10.2 Å². The molecule has 0 saturated carbocycles. The molecule has 0 fully saturated rings. The lowest BCUT2D eigenvalue weighted by Gasteiger charge is -2.24. The first-order chi connectivity index (χ1) is 14.4. The van der Waals surface area contributed by atoms with Gasteiger partial charge in [-0.3, -0.25) is 9.36 Å². The number of ether oxygens (including phenoxy) is 3. The van der Waals surface area contributed by atoms with E-state index in [1.54, 1.807) is 39.3 Å². The minimum Gasteiger partial charge on any atom is -0.493 e. The summed E-state index contributed by atoms with van der Waals surface area (Å²) in [5.74, 6) is 1.07. The highest BCUT2D eigenvalue weighted by Gasteiger charge is 2.36. The molecular formula is C21H20ClN3O5. The van der Waals surface area contributed by atoms with E-state index in [9.17, 15) is 9.90 Å². The number of aromatic nitrogens is 3. The number of carboxylic acid groups (broad SMARTS) is 1. The van der Waals surface area contributed by atoms with Crippen molar-refractivity contribution >= 4 is 17.6 Å². The normalized spacial score (nSPS) is 17.6. The lowest BCUT2D eigenvalue weighted by Crippen LogP contribution is -2.15. The number of carboxylic acids is 1. The standard InChI is InChI=1S/C21H20ClN3O5/c1-11-23-24-21-17(10-18(26)27)30-19(13-5-4-6-16(28-2)20(13)29-3)14-9-12(22)7-8-15(14)25(11)21/h4-9,17,19H,10H2,1-3H3,(H,26,27). The first-order valence-corrected chi connectivity index (χ1v) is 9.62. The predicted molar refractivity (Wildman–Crippen MR) is 109 cm³/mol. The molecule has 3 aromatic rings. The fourth-order valence-corrected chi connectivity index (χ4v) is 3.96. The number of hydrogen-bond acceptors (Lipinski definition) is 6. The molecule has 2 heterocycles. The van der Waals surface area contributed by atoms with Gasteiger partial charge in [0, 0.05) is 16.1 Å². The molecule has 0 radical (unpaired) electrons. The molecule has 1 aliphatic rings. The molecular weight excluding hydrogens is 410 g/mol. The second-order valence-corrected chi connectivity index (χ2v) is 7.27. The number of nitrogens with zero attached hydrogens (tertiary/aromatic N) is 3. The molecule has 1 aromatic heterocycles. The Morgan fingerprint density at radius 1 is 1.20 bits per heavy atom. The molecule has 0 spiro atoms. The molecule has 0 saturated heterocycles.